The minimum Gasteiger partial charge on any atom is -0.396 e. The quantitative estimate of drug-likeness (QED) is 0.585. The third-order valence-corrected chi connectivity index (χ3v) is 3.03. The van der Waals surface area contributed by atoms with Crippen LogP contribution in [0.4, 0.5) is 0 Å². The first-order chi connectivity index (χ1) is 4.83. The maximum Gasteiger partial charge on any atom is 0.0574 e. The molecule has 0 radical (unpaired) electrons. The van der Waals surface area contributed by atoms with E-state index in [1.54, 1.807) is 0 Å². The molecule has 2 rings (SSSR count). The van der Waals surface area contributed by atoms with Crippen molar-refractivity contribution in [1.82, 2.24) is 0 Å². The van der Waals surface area contributed by atoms with Gasteiger partial charge in [-0.25, -0.2) is 0 Å². The van der Waals surface area contributed by atoms with E-state index in [0.717, 1.165) is 24.7 Å². The SMILES string of the molecule is OCC[C@H]1C2C[C@H]2C[C@H]1O. The van der Waals surface area contributed by atoms with Crippen LogP contribution in [0.15, 0.2) is 0 Å². The van der Waals surface area contributed by atoms with Crippen LogP contribution in [-0.2, 0) is 0 Å². The third-order valence-electron chi connectivity index (χ3n) is 3.03. The standard InChI is InChI=1S/C8H14O2/c9-2-1-6-7-3-5(7)4-8(6)10/h5-10H,1-4H2/t5-,6-,7?,8+/m0/s1. The van der Waals surface area contributed by atoms with Crippen LogP contribution in [0.1, 0.15) is 19.3 Å². The summed E-state index contributed by atoms with van der Waals surface area (Å²) in [5.41, 5.74) is 0. The Labute approximate surface area is 60.9 Å². The average Bonchev–Trinajstić information content (AvgIpc) is 2.57. The normalized spacial score (nSPS) is 51.0. The van der Waals surface area contributed by atoms with Crippen molar-refractivity contribution in [3.05, 3.63) is 0 Å². The largest absolute Gasteiger partial charge is 0.396 e. The highest BCUT2D eigenvalue weighted by Crippen LogP contribution is 2.56. The monoisotopic (exact) mass is 142 g/mol. The molecule has 0 aromatic carbocycles. The van der Waals surface area contributed by atoms with Gasteiger partial charge in [-0.05, 0) is 37.0 Å². The zero-order valence-corrected chi connectivity index (χ0v) is 6.03. The Morgan fingerprint density at radius 2 is 2.10 bits per heavy atom. The lowest BCUT2D eigenvalue weighted by Gasteiger charge is -2.15. The molecule has 2 fully saturated rings. The highest BCUT2D eigenvalue weighted by molar-refractivity contribution is 5.01. The van der Waals surface area contributed by atoms with E-state index in [1.165, 1.54) is 6.42 Å². The molecule has 0 bridgehead atoms. The molecule has 4 atom stereocenters. The summed E-state index contributed by atoms with van der Waals surface area (Å²) in [6.07, 6.45) is 3.01. The van der Waals surface area contributed by atoms with Crippen LogP contribution in [0.5, 0.6) is 0 Å². The third kappa shape index (κ3) is 0.867. The lowest BCUT2D eigenvalue weighted by atomic mass is 9.97. The van der Waals surface area contributed by atoms with Crippen molar-refractivity contribution >= 4 is 0 Å². The molecule has 2 heteroatoms. The van der Waals surface area contributed by atoms with Gasteiger partial charge in [0.1, 0.15) is 0 Å². The zero-order chi connectivity index (χ0) is 7.14. The summed E-state index contributed by atoms with van der Waals surface area (Å²) in [4.78, 5) is 0. The molecule has 0 spiro atoms. The van der Waals surface area contributed by atoms with Gasteiger partial charge in [-0.15, -0.1) is 0 Å². The number of hydrogen-bond donors (Lipinski definition) is 2. The fourth-order valence-electron chi connectivity index (χ4n) is 2.39. The molecular formula is C8H14O2. The summed E-state index contributed by atoms with van der Waals surface area (Å²) in [6, 6.07) is 0. The molecule has 2 aliphatic rings. The van der Waals surface area contributed by atoms with Crippen molar-refractivity contribution in [1.29, 1.82) is 0 Å². The molecule has 0 heterocycles. The predicted octanol–water partition coefficient (Wildman–Crippen LogP) is 0.386. The minimum absolute atomic E-state index is 0.101. The number of aliphatic hydroxyl groups is 2. The Morgan fingerprint density at radius 3 is 2.60 bits per heavy atom. The van der Waals surface area contributed by atoms with E-state index >= 15 is 0 Å². The Bertz CT molecular complexity index is 133. The van der Waals surface area contributed by atoms with Crippen LogP contribution in [0.2, 0.25) is 0 Å². The Balaban J connectivity index is 1.92. The summed E-state index contributed by atoms with van der Waals surface area (Å²) < 4.78 is 0. The lowest BCUT2D eigenvalue weighted by Crippen LogP contribution is -2.18. The molecule has 0 saturated heterocycles. The van der Waals surface area contributed by atoms with Crippen molar-refractivity contribution in [3.63, 3.8) is 0 Å². The maximum absolute atomic E-state index is 9.41. The van der Waals surface area contributed by atoms with E-state index in [9.17, 15) is 5.11 Å². The van der Waals surface area contributed by atoms with E-state index in [-0.39, 0.29) is 12.7 Å². The van der Waals surface area contributed by atoms with Gasteiger partial charge in [0.2, 0.25) is 0 Å². The van der Waals surface area contributed by atoms with E-state index in [2.05, 4.69) is 0 Å². The second kappa shape index (κ2) is 2.21. The van der Waals surface area contributed by atoms with E-state index < -0.39 is 0 Å². The number of fused-ring (bicyclic) bond motifs is 1. The smallest absolute Gasteiger partial charge is 0.0574 e. The molecule has 0 aromatic heterocycles. The molecule has 0 aromatic rings. The Kier molecular flexibility index (Phi) is 1.46. The molecule has 10 heavy (non-hydrogen) atoms. The van der Waals surface area contributed by atoms with Gasteiger partial charge in [0.05, 0.1) is 6.10 Å². The first-order valence-corrected chi connectivity index (χ1v) is 4.12. The van der Waals surface area contributed by atoms with Crippen molar-refractivity contribution < 1.29 is 10.2 Å². The highest BCUT2D eigenvalue weighted by Gasteiger charge is 2.52. The van der Waals surface area contributed by atoms with Gasteiger partial charge in [0.25, 0.3) is 0 Å². The van der Waals surface area contributed by atoms with Crippen LogP contribution < -0.4 is 0 Å². The first kappa shape index (κ1) is 6.62. The van der Waals surface area contributed by atoms with Gasteiger partial charge in [-0.1, -0.05) is 0 Å². The van der Waals surface area contributed by atoms with Crippen LogP contribution >= 0.6 is 0 Å². The number of aliphatic hydroxyl groups excluding tert-OH is 2. The van der Waals surface area contributed by atoms with Gasteiger partial charge in [-0.3, -0.25) is 0 Å². The highest BCUT2D eigenvalue weighted by atomic mass is 16.3. The molecule has 0 aliphatic heterocycles. The fourth-order valence-corrected chi connectivity index (χ4v) is 2.39. The zero-order valence-electron chi connectivity index (χ0n) is 6.03. The summed E-state index contributed by atoms with van der Waals surface area (Å²) in [5.74, 6) is 2.00. The average molecular weight is 142 g/mol. The minimum atomic E-state index is -0.101. The number of hydrogen-bond acceptors (Lipinski definition) is 2. The summed E-state index contributed by atoms with van der Waals surface area (Å²) in [7, 11) is 0. The van der Waals surface area contributed by atoms with Gasteiger partial charge >= 0.3 is 0 Å². The van der Waals surface area contributed by atoms with Crippen molar-refractivity contribution in [2.45, 2.75) is 25.4 Å². The molecule has 1 unspecified atom stereocenters. The van der Waals surface area contributed by atoms with Crippen LogP contribution in [0, 0.1) is 17.8 Å². The summed E-state index contributed by atoms with van der Waals surface area (Å²) >= 11 is 0. The van der Waals surface area contributed by atoms with Gasteiger partial charge in [0, 0.05) is 6.61 Å². The molecule has 2 nitrogen and oxygen atoms in total. The van der Waals surface area contributed by atoms with Crippen LogP contribution in [0.25, 0.3) is 0 Å². The van der Waals surface area contributed by atoms with Crippen molar-refractivity contribution in [2.24, 2.45) is 17.8 Å². The second-order valence-corrected chi connectivity index (χ2v) is 3.64. The molecule has 2 N–H and O–H groups in total. The van der Waals surface area contributed by atoms with Gasteiger partial charge in [-0.2, -0.15) is 0 Å². The molecule has 2 saturated carbocycles. The molecular weight excluding hydrogens is 128 g/mol. The Morgan fingerprint density at radius 1 is 1.30 bits per heavy atom. The molecule has 0 amide bonds. The van der Waals surface area contributed by atoms with Crippen molar-refractivity contribution in [2.75, 3.05) is 6.61 Å². The predicted molar refractivity (Wildman–Crippen MR) is 37.4 cm³/mol. The van der Waals surface area contributed by atoms with E-state index in [0.29, 0.717) is 5.92 Å². The molecule has 2 aliphatic carbocycles. The lowest BCUT2D eigenvalue weighted by molar-refractivity contribution is 0.0952. The fraction of sp³-hybridized carbons (Fsp3) is 1.00. The van der Waals surface area contributed by atoms with Gasteiger partial charge in [0.15, 0.2) is 0 Å². The second-order valence-electron chi connectivity index (χ2n) is 3.64. The van der Waals surface area contributed by atoms with Crippen molar-refractivity contribution in [3.8, 4) is 0 Å². The van der Waals surface area contributed by atoms with E-state index in [1.807, 2.05) is 0 Å². The summed E-state index contributed by atoms with van der Waals surface area (Å²) in [5, 5.41) is 18.1. The summed E-state index contributed by atoms with van der Waals surface area (Å²) in [6.45, 7) is 0.241. The van der Waals surface area contributed by atoms with Gasteiger partial charge < -0.3 is 10.2 Å². The molecule has 58 valence electrons. The van der Waals surface area contributed by atoms with Crippen LogP contribution in [0.3, 0.4) is 0 Å². The number of rotatable bonds is 2. The van der Waals surface area contributed by atoms with Crippen LogP contribution in [-0.4, -0.2) is 22.9 Å². The first-order valence-electron chi connectivity index (χ1n) is 4.12. The Hall–Kier alpha value is -0.0800. The van der Waals surface area contributed by atoms with E-state index in [4.69, 9.17) is 5.11 Å². The topological polar surface area (TPSA) is 40.5 Å². The maximum atomic E-state index is 9.41.